The van der Waals surface area contributed by atoms with E-state index in [9.17, 15) is 31.5 Å². The number of carboxylic acids is 1. The fourth-order valence-corrected chi connectivity index (χ4v) is 4.86. The monoisotopic (exact) mass is 508 g/mol. The Hall–Kier alpha value is -3.41. The summed E-state index contributed by atoms with van der Waals surface area (Å²) < 4.78 is 50.5. The van der Waals surface area contributed by atoms with Crippen LogP contribution in [0.2, 0.25) is 5.02 Å². The predicted molar refractivity (Wildman–Crippen MR) is 123 cm³/mol. The van der Waals surface area contributed by atoms with E-state index in [1.165, 1.54) is 66.7 Å². The number of rotatable bonds is 7. The van der Waals surface area contributed by atoms with Crippen LogP contribution in [0.3, 0.4) is 0 Å². The summed E-state index contributed by atoms with van der Waals surface area (Å²) in [4.78, 5) is 23.8. The van der Waals surface area contributed by atoms with Gasteiger partial charge < -0.3 is 10.4 Å². The first-order valence-corrected chi connectivity index (χ1v) is 12.9. The van der Waals surface area contributed by atoms with Crippen LogP contribution in [-0.2, 0) is 19.9 Å². The molecular weight excluding hydrogens is 492 g/mol. The smallest absolute Gasteiger partial charge is 0.336 e. The number of halogens is 1. The maximum absolute atomic E-state index is 12.8. The summed E-state index contributed by atoms with van der Waals surface area (Å²) in [5.74, 6) is -2.02. The van der Waals surface area contributed by atoms with E-state index in [-0.39, 0.29) is 37.3 Å². The number of aromatic carboxylic acids is 1. The third-order valence-corrected chi connectivity index (χ3v) is 6.97. The van der Waals surface area contributed by atoms with Crippen molar-refractivity contribution in [1.29, 1.82) is 0 Å². The maximum atomic E-state index is 12.8. The van der Waals surface area contributed by atoms with Gasteiger partial charge in [-0.25, -0.2) is 21.6 Å². The molecule has 0 aliphatic rings. The van der Waals surface area contributed by atoms with Crippen LogP contribution in [-0.4, -0.2) is 40.1 Å². The van der Waals surface area contributed by atoms with Gasteiger partial charge in [0.05, 0.1) is 27.2 Å². The van der Waals surface area contributed by atoms with Crippen molar-refractivity contribution >= 4 is 54.7 Å². The van der Waals surface area contributed by atoms with Crippen LogP contribution in [0.4, 0.5) is 11.4 Å². The van der Waals surface area contributed by atoms with Crippen molar-refractivity contribution in [2.24, 2.45) is 0 Å². The van der Waals surface area contributed by atoms with Gasteiger partial charge in [0.15, 0.2) is 0 Å². The summed E-state index contributed by atoms with van der Waals surface area (Å²) in [7, 11) is -7.40. The van der Waals surface area contributed by atoms with Crippen LogP contribution in [0.5, 0.6) is 0 Å². The first-order valence-electron chi connectivity index (χ1n) is 9.14. The average Bonchev–Trinajstić information content (AvgIpc) is 2.73. The minimum absolute atomic E-state index is 0.0524. The number of hydrogen-bond acceptors (Lipinski definition) is 6. The lowest BCUT2D eigenvalue weighted by Crippen LogP contribution is -2.16. The molecule has 172 valence electrons. The molecule has 0 unspecified atom stereocenters. The van der Waals surface area contributed by atoms with Crippen molar-refractivity contribution in [3.8, 4) is 0 Å². The van der Waals surface area contributed by atoms with Crippen molar-refractivity contribution < 1.29 is 31.5 Å². The molecule has 0 atom stereocenters. The van der Waals surface area contributed by atoms with Gasteiger partial charge in [-0.1, -0.05) is 11.6 Å². The lowest BCUT2D eigenvalue weighted by molar-refractivity contribution is 0.0692. The Balaban J connectivity index is 1.81. The van der Waals surface area contributed by atoms with E-state index in [1.807, 2.05) is 0 Å². The van der Waals surface area contributed by atoms with Crippen LogP contribution in [0.25, 0.3) is 0 Å². The topological polar surface area (TPSA) is 147 Å². The van der Waals surface area contributed by atoms with Gasteiger partial charge in [-0.3, -0.25) is 9.52 Å². The summed E-state index contributed by atoms with van der Waals surface area (Å²) in [6.45, 7) is 0. The molecule has 3 aromatic carbocycles. The lowest BCUT2D eigenvalue weighted by Gasteiger charge is -2.10. The highest BCUT2D eigenvalue weighted by Gasteiger charge is 2.20. The van der Waals surface area contributed by atoms with E-state index in [0.717, 1.165) is 6.26 Å². The molecule has 0 spiro atoms. The van der Waals surface area contributed by atoms with Crippen molar-refractivity contribution in [3.63, 3.8) is 0 Å². The molecule has 0 radical (unpaired) electrons. The second-order valence-corrected chi connectivity index (χ2v) is 11.0. The van der Waals surface area contributed by atoms with Crippen LogP contribution in [0.1, 0.15) is 20.7 Å². The van der Waals surface area contributed by atoms with Crippen LogP contribution in [0, 0.1) is 0 Å². The number of amides is 1. The Morgan fingerprint density at radius 3 is 1.79 bits per heavy atom. The summed E-state index contributed by atoms with van der Waals surface area (Å²) in [5, 5.41) is 11.9. The van der Waals surface area contributed by atoms with E-state index in [0.29, 0.717) is 0 Å². The van der Waals surface area contributed by atoms with Crippen molar-refractivity contribution in [2.45, 2.75) is 9.79 Å². The first-order chi connectivity index (χ1) is 15.4. The van der Waals surface area contributed by atoms with Crippen molar-refractivity contribution in [1.82, 2.24) is 0 Å². The summed E-state index contributed by atoms with van der Waals surface area (Å²) in [6.07, 6.45) is 0.979. The van der Waals surface area contributed by atoms with Crippen LogP contribution in [0.15, 0.2) is 76.5 Å². The highest BCUT2D eigenvalue weighted by atomic mass is 35.5. The molecule has 3 rings (SSSR count). The fourth-order valence-electron chi connectivity index (χ4n) is 2.86. The largest absolute Gasteiger partial charge is 0.478 e. The molecule has 12 heteroatoms. The third-order valence-electron chi connectivity index (χ3n) is 4.35. The normalized spacial score (nSPS) is 11.6. The zero-order valence-electron chi connectivity index (χ0n) is 16.9. The Morgan fingerprint density at radius 2 is 1.30 bits per heavy atom. The average molecular weight is 509 g/mol. The van der Waals surface area contributed by atoms with Gasteiger partial charge in [0.1, 0.15) is 0 Å². The summed E-state index contributed by atoms with van der Waals surface area (Å²) >= 11 is 5.87. The minimum Gasteiger partial charge on any atom is -0.478 e. The molecule has 0 aliphatic carbocycles. The molecule has 9 nitrogen and oxygen atoms in total. The molecule has 33 heavy (non-hydrogen) atoms. The number of carbonyl (C=O) groups is 2. The molecule has 3 aromatic rings. The van der Waals surface area contributed by atoms with Crippen molar-refractivity contribution in [2.75, 3.05) is 16.3 Å². The number of carboxylic acid groups (broad SMARTS) is 1. The first kappa shape index (κ1) is 24.2. The van der Waals surface area contributed by atoms with Gasteiger partial charge in [0.25, 0.3) is 5.91 Å². The highest BCUT2D eigenvalue weighted by Crippen LogP contribution is 2.25. The minimum atomic E-state index is -3.91. The van der Waals surface area contributed by atoms with Crippen LogP contribution < -0.4 is 10.0 Å². The number of benzene rings is 3. The van der Waals surface area contributed by atoms with Gasteiger partial charge in [-0.15, -0.1) is 0 Å². The summed E-state index contributed by atoms with van der Waals surface area (Å²) in [5.41, 5.74) is 0.0821. The number of anilines is 2. The van der Waals surface area contributed by atoms with Crippen LogP contribution >= 0.6 is 11.6 Å². The molecular formula is C21H17ClN2O7S2. The lowest BCUT2D eigenvalue weighted by atomic mass is 10.1. The SMILES string of the molecule is CS(=O)(=O)Nc1ccc(S(=O)(=O)c2ccc(NC(=O)c3cc(Cl)ccc3C(=O)O)cc2)cc1. The number of sulfone groups is 1. The van der Waals surface area contributed by atoms with Crippen molar-refractivity contribution in [3.05, 3.63) is 82.9 Å². The Labute approximate surface area is 195 Å². The maximum Gasteiger partial charge on any atom is 0.336 e. The Bertz CT molecular complexity index is 1430. The molecule has 0 saturated carbocycles. The Morgan fingerprint density at radius 1 is 0.788 bits per heavy atom. The summed E-state index contributed by atoms with van der Waals surface area (Å²) in [6, 6.07) is 14.3. The number of sulfonamides is 1. The van der Waals surface area contributed by atoms with E-state index < -0.39 is 31.7 Å². The standard InChI is InChI=1S/C21H17ClN2O7S2/c1-32(28,29)24-15-5-9-17(10-6-15)33(30,31)16-7-3-14(4-8-16)23-20(25)19-12-13(22)2-11-18(19)21(26)27/h2-12,24H,1H3,(H,23,25)(H,26,27). The van der Waals surface area contributed by atoms with E-state index in [1.54, 1.807) is 0 Å². The second kappa shape index (κ2) is 9.22. The van der Waals surface area contributed by atoms with Gasteiger partial charge in [0, 0.05) is 16.4 Å². The van der Waals surface area contributed by atoms with E-state index >= 15 is 0 Å². The number of carbonyl (C=O) groups excluding carboxylic acids is 1. The molecule has 1 amide bonds. The molecule has 0 saturated heterocycles. The number of nitrogens with one attached hydrogen (secondary N) is 2. The highest BCUT2D eigenvalue weighted by molar-refractivity contribution is 7.92. The predicted octanol–water partition coefficient (Wildman–Crippen LogP) is 3.49. The van der Waals surface area contributed by atoms with Gasteiger partial charge in [0.2, 0.25) is 19.9 Å². The van der Waals surface area contributed by atoms with Gasteiger partial charge in [-0.05, 0) is 66.7 Å². The molecule has 0 aromatic heterocycles. The zero-order chi connectivity index (χ0) is 24.4. The molecule has 0 fully saturated rings. The number of hydrogen-bond donors (Lipinski definition) is 3. The van der Waals surface area contributed by atoms with Gasteiger partial charge in [-0.2, -0.15) is 0 Å². The fraction of sp³-hybridized carbons (Fsp3) is 0.0476. The Kier molecular flexibility index (Phi) is 6.77. The second-order valence-electron chi connectivity index (χ2n) is 6.88. The van der Waals surface area contributed by atoms with E-state index in [2.05, 4.69) is 10.0 Å². The zero-order valence-corrected chi connectivity index (χ0v) is 19.3. The molecule has 0 aliphatic heterocycles. The third kappa shape index (κ3) is 5.89. The molecule has 0 heterocycles. The van der Waals surface area contributed by atoms with E-state index in [4.69, 9.17) is 11.6 Å². The molecule has 3 N–H and O–H groups in total. The molecule has 0 bridgehead atoms. The van der Waals surface area contributed by atoms with Gasteiger partial charge >= 0.3 is 5.97 Å². The quantitative estimate of drug-likeness (QED) is 0.442.